The molecule has 3 unspecified atom stereocenters. The Kier molecular flexibility index (Phi) is 6.97. The molecule has 1 fully saturated rings. The summed E-state index contributed by atoms with van der Waals surface area (Å²) < 4.78 is 24.1. The lowest BCUT2D eigenvalue weighted by Crippen LogP contribution is -2.29. The van der Waals surface area contributed by atoms with Crippen molar-refractivity contribution in [1.82, 2.24) is 4.98 Å². The predicted octanol–water partition coefficient (Wildman–Crippen LogP) is 6.02. The molecule has 2 aliphatic rings. The summed E-state index contributed by atoms with van der Waals surface area (Å²) in [5.41, 5.74) is 3.09. The first-order chi connectivity index (χ1) is 14.5. The molecule has 4 rings (SSSR count). The van der Waals surface area contributed by atoms with Crippen LogP contribution in [0, 0.1) is 11.8 Å². The minimum Gasteiger partial charge on any atom is -0.457 e. The van der Waals surface area contributed by atoms with Gasteiger partial charge in [0.25, 0.3) is 0 Å². The van der Waals surface area contributed by atoms with Gasteiger partial charge in [0.1, 0.15) is 16.5 Å². The summed E-state index contributed by atoms with van der Waals surface area (Å²) in [7, 11) is 3.66. The fraction of sp³-hybridized carbons (Fsp3) is 0.478. The van der Waals surface area contributed by atoms with Crippen molar-refractivity contribution >= 4 is 31.9 Å². The molecule has 0 N–H and O–H groups in total. The van der Waals surface area contributed by atoms with Gasteiger partial charge >= 0.3 is 0 Å². The molecule has 3 atom stereocenters. The van der Waals surface area contributed by atoms with E-state index >= 15 is 0 Å². The Balaban J connectivity index is 1.57. The second-order valence-electron chi connectivity index (χ2n) is 7.98. The van der Waals surface area contributed by atoms with E-state index in [-0.39, 0.29) is 5.92 Å². The monoisotopic (exact) mass is 447 g/mol. The highest BCUT2D eigenvalue weighted by Crippen LogP contribution is 2.40. The number of carbonyl (C=O) groups excluding carboxylic acids is 1. The lowest BCUT2D eigenvalue weighted by Gasteiger charge is -2.30. The fourth-order valence-corrected chi connectivity index (χ4v) is 5.19. The van der Waals surface area contributed by atoms with E-state index in [0.29, 0.717) is 24.1 Å². The van der Waals surface area contributed by atoms with E-state index in [9.17, 15) is 9.18 Å². The minimum atomic E-state index is -1.49. The van der Waals surface area contributed by atoms with Gasteiger partial charge in [0.15, 0.2) is 0 Å². The van der Waals surface area contributed by atoms with E-state index in [4.69, 9.17) is 9.47 Å². The number of thiazole rings is 1. The van der Waals surface area contributed by atoms with Crippen LogP contribution in [-0.4, -0.2) is 24.0 Å². The number of allylic oxidation sites excluding steroid dienone is 2. The van der Waals surface area contributed by atoms with Crippen LogP contribution in [0.2, 0.25) is 0 Å². The number of halogens is 1. The summed E-state index contributed by atoms with van der Waals surface area (Å²) >= 11 is 1.51. The van der Waals surface area contributed by atoms with Crippen LogP contribution in [-0.2, 0) is 16.1 Å². The summed E-state index contributed by atoms with van der Waals surface area (Å²) in [6.07, 6.45) is 8.43. The molecule has 4 nitrogen and oxygen atoms in total. The Labute approximate surface area is 183 Å². The van der Waals surface area contributed by atoms with Crippen LogP contribution < -0.4 is 4.74 Å². The molecule has 1 aromatic carbocycles. The Morgan fingerprint density at radius 3 is 2.80 bits per heavy atom. The average molecular weight is 448 g/mol. The number of alkyl halides is 1. The van der Waals surface area contributed by atoms with E-state index in [2.05, 4.69) is 11.1 Å². The Bertz CT molecular complexity index is 938. The van der Waals surface area contributed by atoms with Gasteiger partial charge in [-0.05, 0) is 55.4 Å². The molecule has 2 aromatic rings. The van der Waals surface area contributed by atoms with E-state index in [1.165, 1.54) is 23.3 Å². The molecule has 1 saturated carbocycles. The molecular formula is C23H27FNO3PS. The molecule has 0 bridgehead atoms. The number of aromatic nitrogens is 1. The molecule has 1 aromatic heterocycles. The van der Waals surface area contributed by atoms with Crippen LogP contribution in [0.25, 0.3) is 16.1 Å². The summed E-state index contributed by atoms with van der Waals surface area (Å²) in [6.45, 7) is 0.491. The van der Waals surface area contributed by atoms with E-state index in [1.54, 1.807) is 13.3 Å². The van der Waals surface area contributed by atoms with Gasteiger partial charge in [0, 0.05) is 25.1 Å². The molecule has 160 valence electrons. The number of ketones is 1. The van der Waals surface area contributed by atoms with Gasteiger partial charge in [0.05, 0.1) is 17.0 Å². The minimum absolute atomic E-state index is 0.168. The van der Waals surface area contributed by atoms with Crippen molar-refractivity contribution in [2.24, 2.45) is 11.8 Å². The lowest BCUT2D eigenvalue weighted by atomic mass is 9.74. The number of carbonyl (C=O) groups is 1. The molecule has 0 aliphatic heterocycles. The summed E-state index contributed by atoms with van der Waals surface area (Å²) in [4.78, 5) is 18.1. The topological polar surface area (TPSA) is 48.4 Å². The van der Waals surface area contributed by atoms with Gasteiger partial charge in [-0.3, -0.25) is 4.79 Å². The Hall–Kier alpha value is -1.62. The highest BCUT2D eigenvalue weighted by molar-refractivity contribution is 7.17. The van der Waals surface area contributed by atoms with Gasteiger partial charge in [-0.25, -0.2) is 4.98 Å². The van der Waals surface area contributed by atoms with E-state index in [0.717, 1.165) is 53.1 Å². The lowest BCUT2D eigenvalue weighted by molar-refractivity contribution is -0.129. The first-order valence-corrected chi connectivity index (χ1v) is 11.9. The van der Waals surface area contributed by atoms with Crippen molar-refractivity contribution in [1.29, 1.82) is 0 Å². The van der Waals surface area contributed by atoms with Gasteiger partial charge in [-0.2, -0.15) is 4.39 Å². The van der Waals surface area contributed by atoms with Crippen LogP contribution in [0.4, 0.5) is 4.39 Å². The van der Waals surface area contributed by atoms with Crippen molar-refractivity contribution in [3.05, 3.63) is 40.9 Å². The zero-order chi connectivity index (χ0) is 21.1. The zero-order valence-corrected chi connectivity index (χ0v) is 19.1. The third kappa shape index (κ3) is 4.82. The predicted molar refractivity (Wildman–Crippen MR) is 121 cm³/mol. The quantitative estimate of drug-likeness (QED) is 0.465. The molecule has 0 amide bonds. The third-order valence-corrected chi connectivity index (χ3v) is 7.12. The first kappa shape index (κ1) is 21.6. The number of hydrogen-bond donors (Lipinski definition) is 0. The number of hydrogen-bond acceptors (Lipinski definition) is 5. The average Bonchev–Trinajstić information content (AvgIpc) is 3.15. The number of rotatable bonds is 8. The summed E-state index contributed by atoms with van der Waals surface area (Å²) in [5, 5.41) is 0.777. The Morgan fingerprint density at radius 1 is 1.33 bits per heavy atom. The van der Waals surface area contributed by atoms with Crippen LogP contribution >= 0.6 is 20.6 Å². The number of benzene rings is 1. The van der Waals surface area contributed by atoms with Gasteiger partial charge in [-0.15, -0.1) is 11.3 Å². The van der Waals surface area contributed by atoms with Crippen molar-refractivity contribution in [3.63, 3.8) is 0 Å². The normalized spacial score (nSPS) is 20.4. The molecule has 30 heavy (non-hydrogen) atoms. The number of methoxy groups -OCH3 is 1. The summed E-state index contributed by atoms with van der Waals surface area (Å²) in [6, 6.07) is 5.80. The van der Waals surface area contributed by atoms with Gasteiger partial charge < -0.3 is 9.47 Å². The van der Waals surface area contributed by atoms with Crippen molar-refractivity contribution < 1.29 is 18.7 Å². The maximum atomic E-state index is 13.5. The molecule has 7 heteroatoms. The van der Waals surface area contributed by atoms with Gasteiger partial charge in [-0.1, -0.05) is 27.8 Å². The second kappa shape index (κ2) is 9.67. The highest BCUT2D eigenvalue weighted by atomic mass is 32.1. The molecule has 0 spiro atoms. The number of ether oxygens (including phenoxy) is 2. The van der Waals surface area contributed by atoms with Crippen LogP contribution in [0.3, 0.4) is 0 Å². The molecule has 2 aliphatic carbocycles. The number of Topliss-reactive ketones (excluding diaryl/α,β-unsaturated/α-hetero) is 1. The van der Waals surface area contributed by atoms with Crippen molar-refractivity contribution in [2.45, 2.75) is 51.2 Å². The first-order valence-electron chi connectivity index (χ1n) is 10.4. The van der Waals surface area contributed by atoms with Crippen LogP contribution in [0.15, 0.2) is 30.5 Å². The van der Waals surface area contributed by atoms with Crippen LogP contribution in [0.1, 0.15) is 49.0 Å². The smallest absolute Gasteiger partial charge is 0.249 e. The zero-order valence-electron chi connectivity index (χ0n) is 17.1. The van der Waals surface area contributed by atoms with Crippen molar-refractivity contribution in [2.75, 3.05) is 7.11 Å². The molecule has 0 radical (unpaired) electrons. The number of nitrogens with zero attached hydrogens (tertiary/aromatic N) is 1. The molecular weight excluding hydrogens is 420 g/mol. The second-order valence-corrected chi connectivity index (χ2v) is 9.61. The fourth-order valence-electron chi connectivity index (χ4n) is 4.14. The molecule has 0 saturated heterocycles. The van der Waals surface area contributed by atoms with E-state index in [1.807, 2.05) is 27.4 Å². The maximum Gasteiger partial charge on any atom is 0.249 e. The van der Waals surface area contributed by atoms with Crippen molar-refractivity contribution in [3.8, 4) is 16.3 Å². The Morgan fingerprint density at radius 2 is 2.17 bits per heavy atom. The summed E-state index contributed by atoms with van der Waals surface area (Å²) in [5.74, 6) is 1.40. The molecule has 1 heterocycles. The largest absolute Gasteiger partial charge is 0.457 e. The van der Waals surface area contributed by atoms with E-state index < -0.39 is 6.10 Å². The SMILES string of the molecule is COCc1cnc(-c2cc(C3=CCC(C(=O)C4CCC4)CC3)ccc2OC(F)P)s1. The highest BCUT2D eigenvalue weighted by Gasteiger charge is 2.32. The van der Waals surface area contributed by atoms with Gasteiger partial charge in [0.2, 0.25) is 6.10 Å². The standard InChI is InChI=1S/C23H27FNO3PS/c1-27-13-18-12-25-22(30-18)19-11-17(9-10-20(19)28-23(24)29)14-5-7-16(8-6-14)21(26)15-3-2-4-15/h5,9-12,15-16,23H,2-4,6-8,13,29H2,1H3. The maximum absolute atomic E-state index is 13.5. The third-order valence-electron chi connectivity index (χ3n) is 5.98. The van der Waals surface area contributed by atoms with Crippen LogP contribution in [0.5, 0.6) is 5.75 Å².